The lowest BCUT2D eigenvalue weighted by Crippen LogP contribution is -2.57. The molecule has 0 unspecified atom stereocenters. The molecule has 1 N–H and O–H groups in total. The van der Waals surface area contributed by atoms with Crippen LogP contribution < -0.4 is 5.32 Å². The van der Waals surface area contributed by atoms with Crippen molar-refractivity contribution in [1.82, 2.24) is 10.2 Å². The van der Waals surface area contributed by atoms with Crippen LogP contribution in [0.25, 0.3) is 0 Å². The molecule has 1 heterocycles. The molecule has 1 aromatic carbocycles. The van der Waals surface area contributed by atoms with Crippen LogP contribution in [0.15, 0.2) is 42.5 Å². The molecule has 3 aliphatic rings. The fourth-order valence-electron chi connectivity index (χ4n) is 3.79. The van der Waals surface area contributed by atoms with Crippen LogP contribution in [0, 0.1) is 11.8 Å². The minimum Gasteiger partial charge on any atom is -0.346 e. The van der Waals surface area contributed by atoms with Crippen molar-refractivity contribution in [2.45, 2.75) is 23.9 Å². The lowest BCUT2D eigenvalue weighted by molar-refractivity contribution is -0.132. The Hall–Kier alpha value is -1.39. The SMILES string of the molecule is O=C1N(Cc2ccccc2)C(=S)N[C@]12[C@@H]1C=C[C@@H](C1)[C@H]2Cl. The van der Waals surface area contributed by atoms with Crippen molar-refractivity contribution in [2.75, 3.05) is 0 Å². The summed E-state index contributed by atoms with van der Waals surface area (Å²) in [6, 6.07) is 9.89. The average Bonchev–Trinajstić information content (AvgIpc) is 3.13. The number of nitrogens with one attached hydrogen (secondary N) is 1. The van der Waals surface area contributed by atoms with E-state index in [1.165, 1.54) is 0 Å². The Kier molecular flexibility index (Phi) is 2.88. The maximum atomic E-state index is 13.0. The van der Waals surface area contributed by atoms with Gasteiger partial charge in [0.05, 0.1) is 11.9 Å². The first-order valence-corrected chi connectivity index (χ1v) is 7.98. The normalized spacial score (nSPS) is 36.8. The topological polar surface area (TPSA) is 32.3 Å². The van der Waals surface area contributed by atoms with E-state index in [1.807, 2.05) is 30.3 Å². The summed E-state index contributed by atoms with van der Waals surface area (Å²) in [6.45, 7) is 0.498. The third kappa shape index (κ3) is 1.72. The van der Waals surface area contributed by atoms with Gasteiger partial charge in [0, 0.05) is 5.92 Å². The third-order valence-corrected chi connectivity index (χ3v) is 5.84. The second-order valence-electron chi connectivity index (χ2n) is 5.97. The first-order chi connectivity index (χ1) is 10.1. The summed E-state index contributed by atoms with van der Waals surface area (Å²) in [5.41, 5.74) is 0.337. The molecular weight excluding hydrogens is 304 g/mol. The van der Waals surface area contributed by atoms with Crippen LogP contribution in [0.4, 0.5) is 0 Å². The van der Waals surface area contributed by atoms with Crippen LogP contribution in [0.2, 0.25) is 0 Å². The molecule has 1 amide bonds. The predicted molar refractivity (Wildman–Crippen MR) is 85.8 cm³/mol. The van der Waals surface area contributed by atoms with Crippen molar-refractivity contribution in [3.05, 3.63) is 48.0 Å². The minimum atomic E-state index is -0.729. The second kappa shape index (κ2) is 4.55. The molecule has 0 radical (unpaired) electrons. The molecule has 4 rings (SSSR count). The number of benzene rings is 1. The molecule has 2 aliphatic carbocycles. The van der Waals surface area contributed by atoms with E-state index in [0.29, 0.717) is 11.7 Å². The molecule has 108 valence electrons. The van der Waals surface area contributed by atoms with Crippen LogP contribution >= 0.6 is 23.8 Å². The number of hydrogen-bond acceptors (Lipinski definition) is 2. The van der Waals surface area contributed by atoms with E-state index in [1.54, 1.807) is 4.90 Å². The largest absolute Gasteiger partial charge is 0.346 e. The van der Waals surface area contributed by atoms with Gasteiger partial charge in [0.2, 0.25) is 0 Å². The summed E-state index contributed by atoms with van der Waals surface area (Å²) in [6.07, 6.45) is 5.18. The first-order valence-electron chi connectivity index (χ1n) is 7.13. The molecule has 1 aromatic rings. The van der Waals surface area contributed by atoms with Crippen molar-refractivity contribution in [3.8, 4) is 0 Å². The predicted octanol–water partition coefficient (Wildman–Crippen LogP) is 2.46. The van der Waals surface area contributed by atoms with Gasteiger partial charge in [-0.15, -0.1) is 11.6 Å². The number of carbonyl (C=O) groups excluding carboxylic acids is 1. The Morgan fingerprint density at radius 1 is 1.33 bits per heavy atom. The van der Waals surface area contributed by atoms with E-state index < -0.39 is 5.54 Å². The minimum absolute atomic E-state index is 0.0215. The number of halogens is 1. The van der Waals surface area contributed by atoms with Crippen molar-refractivity contribution >= 4 is 34.8 Å². The molecular formula is C16H15ClN2OS. The first kappa shape index (κ1) is 13.3. The molecule has 0 aromatic heterocycles. The summed E-state index contributed by atoms with van der Waals surface area (Å²) in [4.78, 5) is 14.7. The van der Waals surface area contributed by atoms with Crippen LogP contribution in [0.1, 0.15) is 12.0 Å². The van der Waals surface area contributed by atoms with E-state index in [4.69, 9.17) is 23.8 Å². The number of thiocarbonyl (C=S) groups is 1. The van der Waals surface area contributed by atoms with Gasteiger partial charge in [-0.1, -0.05) is 42.5 Å². The smallest absolute Gasteiger partial charge is 0.256 e. The number of alkyl halides is 1. The lowest BCUT2D eigenvalue weighted by Gasteiger charge is -2.32. The summed E-state index contributed by atoms with van der Waals surface area (Å²) < 4.78 is 0. The zero-order chi connectivity index (χ0) is 14.6. The van der Waals surface area contributed by atoms with Crippen LogP contribution in [-0.2, 0) is 11.3 Å². The number of rotatable bonds is 2. The van der Waals surface area contributed by atoms with Gasteiger partial charge in [0.1, 0.15) is 5.54 Å². The standard InChI is InChI=1S/C16H15ClN2OS/c17-13-11-6-7-12(8-11)16(13)14(20)19(15(21)18-16)9-10-4-2-1-3-5-10/h1-7,11-13H,8-9H2,(H,18,21)/t11-,12+,13+,16-/m0/s1. The van der Waals surface area contributed by atoms with E-state index in [0.717, 1.165) is 12.0 Å². The van der Waals surface area contributed by atoms with Gasteiger partial charge in [0.15, 0.2) is 5.11 Å². The van der Waals surface area contributed by atoms with Crippen molar-refractivity contribution in [2.24, 2.45) is 11.8 Å². The van der Waals surface area contributed by atoms with Crippen LogP contribution in [-0.4, -0.2) is 26.8 Å². The molecule has 4 atom stereocenters. The van der Waals surface area contributed by atoms with Gasteiger partial charge in [-0.25, -0.2) is 0 Å². The molecule has 1 saturated heterocycles. The van der Waals surface area contributed by atoms with E-state index in [9.17, 15) is 4.79 Å². The highest BCUT2D eigenvalue weighted by atomic mass is 35.5. The molecule has 1 aliphatic heterocycles. The highest BCUT2D eigenvalue weighted by molar-refractivity contribution is 7.80. The molecule has 3 nitrogen and oxygen atoms in total. The van der Waals surface area contributed by atoms with Crippen molar-refractivity contribution in [3.63, 3.8) is 0 Å². The number of allylic oxidation sites excluding steroid dienone is 1. The summed E-state index contributed by atoms with van der Waals surface area (Å²) >= 11 is 12.0. The lowest BCUT2D eigenvalue weighted by atomic mass is 9.84. The highest BCUT2D eigenvalue weighted by Crippen LogP contribution is 2.51. The Morgan fingerprint density at radius 2 is 2.10 bits per heavy atom. The number of fused-ring (bicyclic) bond motifs is 3. The fourth-order valence-corrected chi connectivity index (χ4v) is 4.60. The molecule has 5 heteroatoms. The number of amides is 1. The monoisotopic (exact) mass is 318 g/mol. The van der Waals surface area contributed by atoms with Crippen LogP contribution in [0.3, 0.4) is 0 Å². The quantitative estimate of drug-likeness (QED) is 0.516. The summed E-state index contributed by atoms with van der Waals surface area (Å²) in [7, 11) is 0. The van der Waals surface area contributed by atoms with Gasteiger partial charge in [-0.2, -0.15) is 0 Å². The number of nitrogens with zero attached hydrogens (tertiary/aromatic N) is 1. The van der Waals surface area contributed by atoms with Gasteiger partial charge < -0.3 is 5.32 Å². The Labute approximate surface area is 134 Å². The van der Waals surface area contributed by atoms with Crippen molar-refractivity contribution < 1.29 is 4.79 Å². The molecule has 21 heavy (non-hydrogen) atoms. The van der Waals surface area contributed by atoms with E-state index in [2.05, 4.69) is 17.5 Å². The van der Waals surface area contributed by atoms with Gasteiger partial charge in [-0.05, 0) is 30.1 Å². The van der Waals surface area contributed by atoms with Gasteiger partial charge in [-0.3, -0.25) is 9.69 Å². The number of carbonyl (C=O) groups is 1. The van der Waals surface area contributed by atoms with Gasteiger partial charge >= 0.3 is 0 Å². The average molecular weight is 319 g/mol. The summed E-state index contributed by atoms with van der Waals surface area (Å²) in [5.74, 6) is 0.442. The highest BCUT2D eigenvalue weighted by Gasteiger charge is 2.65. The van der Waals surface area contributed by atoms with Gasteiger partial charge in [0.25, 0.3) is 5.91 Å². The second-order valence-corrected chi connectivity index (χ2v) is 6.83. The van der Waals surface area contributed by atoms with Crippen LogP contribution in [0.5, 0.6) is 0 Å². The van der Waals surface area contributed by atoms with E-state index in [-0.39, 0.29) is 23.1 Å². The molecule has 1 spiro atoms. The summed E-state index contributed by atoms with van der Waals surface area (Å²) in [5, 5.41) is 3.53. The Balaban J connectivity index is 1.66. The maximum Gasteiger partial charge on any atom is 0.256 e. The zero-order valence-corrected chi connectivity index (χ0v) is 12.9. The number of hydrogen-bond donors (Lipinski definition) is 1. The van der Waals surface area contributed by atoms with E-state index >= 15 is 0 Å². The molecule has 1 saturated carbocycles. The molecule has 2 fully saturated rings. The third-order valence-electron chi connectivity index (χ3n) is 4.85. The Bertz CT molecular complexity index is 647. The zero-order valence-electron chi connectivity index (χ0n) is 11.3. The Morgan fingerprint density at radius 3 is 2.76 bits per heavy atom. The molecule has 2 bridgehead atoms. The van der Waals surface area contributed by atoms with Crippen molar-refractivity contribution in [1.29, 1.82) is 0 Å². The maximum absolute atomic E-state index is 13.0. The fraction of sp³-hybridized carbons (Fsp3) is 0.375.